The Kier molecular flexibility index (Phi) is 6.29. The summed E-state index contributed by atoms with van der Waals surface area (Å²) in [6.07, 6.45) is 11.0. The van der Waals surface area contributed by atoms with Crippen molar-refractivity contribution in [3.63, 3.8) is 0 Å². The summed E-state index contributed by atoms with van der Waals surface area (Å²) in [5.74, 6) is 0.762. The van der Waals surface area contributed by atoms with Gasteiger partial charge in [0.2, 0.25) is 0 Å². The zero-order valence-electron chi connectivity index (χ0n) is 12.0. The molecule has 3 nitrogen and oxygen atoms in total. The zero-order valence-corrected chi connectivity index (χ0v) is 12.7. The molecule has 0 radical (unpaired) electrons. The lowest BCUT2D eigenvalue weighted by Gasteiger charge is -2.30. The van der Waals surface area contributed by atoms with Gasteiger partial charge in [0, 0.05) is 31.6 Å². The molecule has 19 heavy (non-hydrogen) atoms. The number of nitrogens with zero attached hydrogens (tertiary/aromatic N) is 2. The van der Waals surface area contributed by atoms with Crippen LogP contribution in [0.25, 0.3) is 0 Å². The van der Waals surface area contributed by atoms with Crippen LogP contribution in [0.4, 0.5) is 4.79 Å². The van der Waals surface area contributed by atoms with Crippen LogP contribution in [-0.2, 0) is 0 Å². The Morgan fingerprint density at radius 3 is 2.47 bits per heavy atom. The van der Waals surface area contributed by atoms with Crippen LogP contribution in [0.5, 0.6) is 0 Å². The number of hydrogen-bond acceptors (Lipinski definition) is 1. The van der Waals surface area contributed by atoms with Crippen LogP contribution >= 0.6 is 11.6 Å². The standard InChI is InChI=1S/C15H27ClN2O/c16-10-6-1-2-7-11-17-12-13-18(15(17)19)14-8-4-3-5-9-14/h14H,1-13H2. The van der Waals surface area contributed by atoms with Gasteiger partial charge in [-0.05, 0) is 25.7 Å². The molecule has 1 heterocycles. The molecule has 1 saturated heterocycles. The second kappa shape index (κ2) is 7.98. The second-order valence-electron chi connectivity index (χ2n) is 5.86. The molecule has 0 aromatic rings. The van der Waals surface area contributed by atoms with Crippen LogP contribution < -0.4 is 0 Å². The lowest BCUT2D eigenvalue weighted by Crippen LogP contribution is -2.40. The average molecular weight is 287 g/mol. The number of unbranched alkanes of at least 4 members (excludes halogenated alkanes) is 3. The van der Waals surface area contributed by atoms with Gasteiger partial charge < -0.3 is 9.80 Å². The van der Waals surface area contributed by atoms with Crippen molar-refractivity contribution >= 4 is 17.6 Å². The van der Waals surface area contributed by atoms with Crippen molar-refractivity contribution in [2.45, 2.75) is 63.8 Å². The topological polar surface area (TPSA) is 23.6 Å². The molecule has 2 amide bonds. The molecule has 0 unspecified atom stereocenters. The van der Waals surface area contributed by atoms with Crippen LogP contribution in [0.2, 0.25) is 0 Å². The maximum atomic E-state index is 12.4. The molecule has 110 valence electrons. The minimum absolute atomic E-state index is 0.296. The van der Waals surface area contributed by atoms with E-state index in [1.807, 2.05) is 0 Å². The summed E-state index contributed by atoms with van der Waals surface area (Å²) in [5, 5.41) is 0. The van der Waals surface area contributed by atoms with Gasteiger partial charge in [-0.3, -0.25) is 0 Å². The van der Waals surface area contributed by atoms with Crippen molar-refractivity contribution < 1.29 is 4.79 Å². The third-order valence-corrected chi connectivity index (χ3v) is 4.72. The van der Waals surface area contributed by atoms with Crippen LogP contribution in [0.15, 0.2) is 0 Å². The Morgan fingerprint density at radius 1 is 1.00 bits per heavy atom. The van der Waals surface area contributed by atoms with E-state index in [9.17, 15) is 4.79 Å². The number of halogens is 1. The van der Waals surface area contributed by atoms with Crippen molar-refractivity contribution in [3.05, 3.63) is 0 Å². The first-order valence-corrected chi connectivity index (χ1v) is 8.48. The molecule has 0 aromatic carbocycles. The zero-order chi connectivity index (χ0) is 13.5. The first-order valence-electron chi connectivity index (χ1n) is 7.94. The Labute approximate surface area is 122 Å². The maximum Gasteiger partial charge on any atom is 0.320 e. The van der Waals surface area contributed by atoms with E-state index in [0.29, 0.717) is 12.1 Å². The molecular weight excluding hydrogens is 260 g/mol. The molecule has 0 atom stereocenters. The summed E-state index contributed by atoms with van der Waals surface area (Å²) in [6, 6.07) is 0.826. The molecule has 0 bridgehead atoms. The predicted octanol–water partition coefficient (Wildman–Crippen LogP) is 3.86. The normalized spacial score (nSPS) is 21.4. The fourth-order valence-corrected chi connectivity index (χ4v) is 3.48. The largest absolute Gasteiger partial charge is 0.323 e. The minimum atomic E-state index is 0.296. The first kappa shape index (κ1) is 15.0. The number of amides is 2. The summed E-state index contributed by atoms with van der Waals surface area (Å²) in [5.41, 5.74) is 0. The molecule has 1 aliphatic carbocycles. The van der Waals surface area contributed by atoms with Gasteiger partial charge in [0.15, 0.2) is 0 Å². The Morgan fingerprint density at radius 2 is 1.74 bits per heavy atom. The lowest BCUT2D eigenvalue weighted by atomic mass is 9.94. The SMILES string of the molecule is O=C1N(CCCCCCCl)CCN1C1CCCCC1. The van der Waals surface area contributed by atoms with Gasteiger partial charge in [-0.2, -0.15) is 0 Å². The number of hydrogen-bond donors (Lipinski definition) is 0. The highest BCUT2D eigenvalue weighted by atomic mass is 35.5. The monoisotopic (exact) mass is 286 g/mol. The maximum absolute atomic E-state index is 12.4. The predicted molar refractivity (Wildman–Crippen MR) is 79.7 cm³/mol. The summed E-state index contributed by atoms with van der Waals surface area (Å²) in [7, 11) is 0. The van der Waals surface area contributed by atoms with Gasteiger partial charge in [0.25, 0.3) is 0 Å². The molecule has 2 fully saturated rings. The molecular formula is C15H27ClN2O. The highest BCUT2D eigenvalue weighted by Gasteiger charge is 2.33. The number of carbonyl (C=O) groups is 1. The highest BCUT2D eigenvalue weighted by Crippen LogP contribution is 2.25. The van der Waals surface area contributed by atoms with Gasteiger partial charge >= 0.3 is 6.03 Å². The summed E-state index contributed by atoms with van der Waals surface area (Å²) >= 11 is 5.66. The third-order valence-electron chi connectivity index (χ3n) is 4.45. The summed E-state index contributed by atoms with van der Waals surface area (Å²) < 4.78 is 0. The molecule has 4 heteroatoms. The molecule has 2 rings (SSSR count). The lowest BCUT2D eigenvalue weighted by molar-refractivity contribution is 0.163. The Hall–Kier alpha value is -0.440. The molecule has 0 spiro atoms. The van der Waals surface area contributed by atoms with Gasteiger partial charge in [-0.15, -0.1) is 11.6 Å². The Balaban J connectivity index is 1.68. The van der Waals surface area contributed by atoms with Gasteiger partial charge in [-0.1, -0.05) is 32.1 Å². The van der Waals surface area contributed by atoms with E-state index >= 15 is 0 Å². The fourth-order valence-electron chi connectivity index (χ4n) is 3.29. The molecule has 2 aliphatic rings. The van der Waals surface area contributed by atoms with Gasteiger partial charge in [0.05, 0.1) is 0 Å². The molecule has 0 N–H and O–H groups in total. The van der Waals surface area contributed by atoms with E-state index in [1.54, 1.807) is 0 Å². The van der Waals surface area contributed by atoms with Gasteiger partial charge in [0.1, 0.15) is 0 Å². The number of carbonyl (C=O) groups excluding carboxylic acids is 1. The summed E-state index contributed by atoms with van der Waals surface area (Å²) in [6.45, 7) is 2.82. The van der Waals surface area contributed by atoms with E-state index in [0.717, 1.165) is 38.4 Å². The van der Waals surface area contributed by atoms with E-state index in [1.165, 1.54) is 44.9 Å². The van der Waals surface area contributed by atoms with Crippen LogP contribution in [0.1, 0.15) is 57.8 Å². The quantitative estimate of drug-likeness (QED) is 0.515. The van der Waals surface area contributed by atoms with Crippen molar-refractivity contribution in [2.24, 2.45) is 0 Å². The highest BCUT2D eigenvalue weighted by molar-refractivity contribution is 6.17. The van der Waals surface area contributed by atoms with Crippen molar-refractivity contribution in [2.75, 3.05) is 25.5 Å². The number of rotatable bonds is 7. The smallest absolute Gasteiger partial charge is 0.320 e. The van der Waals surface area contributed by atoms with E-state index < -0.39 is 0 Å². The first-order chi connectivity index (χ1) is 9.33. The fraction of sp³-hybridized carbons (Fsp3) is 0.933. The molecule has 1 aliphatic heterocycles. The van der Waals surface area contributed by atoms with Crippen molar-refractivity contribution in [1.29, 1.82) is 0 Å². The van der Waals surface area contributed by atoms with Crippen molar-refractivity contribution in [1.82, 2.24) is 9.80 Å². The van der Waals surface area contributed by atoms with Gasteiger partial charge in [-0.25, -0.2) is 4.79 Å². The average Bonchev–Trinajstić information content (AvgIpc) is 2.81. The Bertz CT molecular complexity index is 279. The van der Waals surface area contributed by atoms with Crippen molar-refractivity contribution in [3.8, 4) is 0 Å². The number of urea groups is 1. The van der Waals surface area contributed by atoms with Crippen LogP contribution in [0.3, 0.4) is 0 Å². The second-order valence-corrected chi connectivity index (χ2v) is 6.24. The number of alkyl halides is 1. The van der Waals surface area contributed by atoms with Crippen LogP contribution in [0, 0.1) is 0 Å². The van der Waals surface area contributed by atoms with E-state index in [-0.39, 0.29) is 0 Å². The van der Waals surface area contributed by atoms with E-state index in [4.69, 9.17) is 11.6 Å². The molecule has 0 aromatic heterocycles. The van der Waals surface area contributed by atoms with Crippen LogP contribution in [-0.4, -0.2) is 47.4 Å². The summed E-state index contributed by atoms with van der Waals surface area (Å²) in [4.78, 5) is 16.5. The van der Waals surface area contributed by atoms with E-state index in [2.05, 4.69) is 9.80 Å². The molecule has 1 saturated carbocycles. The minimum Gasteiger partial charge on any atom is -0.323 e. The third kappa shape index (κ3) is 4.27.